The van der Waals surface area contributed by atoms with E-state index in [1.165, 1.54) is 21.2 Å². The standard InChI is InChI=1S/C31H32O3P2/c1-31(24-32)33-29(22-35(25-14-6-2-7-15-25)26-16-8-3-9-17-26)30(34-31)23-36(27-18-10-4-11-19-27)28-20-12-5-13-21-28/h2-21,29-30,32H,22-24H2,1H3/t29-,30-/m0/s1. The van der Waals surface area contributed by atoms with Gasteiger partial charge in [0.1, 0.15) is 0 Å². The fourth-order valence-corrected chi connectivity index (χ4v) is 9.62. The zero-order valence-corrected chi connectivity index (χ0v) is 22.3. The van der Waals surface area contributed by atoms with Gasteiger partial charge in [-0.15, -0.1) is 0 Å². The monoisotopic (exact) mass is 514 g/mol. The van der Waals surface area contributed by atoms with Crippen molar-refractivity contribution in [2.45, 2.75) is 24.9 Å². The summed E-state index contributed by atoms with van der Waals surface area (Å²) in [5.74, 6) is -0.988. The highest BCUT2D eigenvalue weighted by Gasteiger charge is 2.46. The van der Waals surface area contributed by atoms with Gasteiger partial charge < -0.3 is 14.6 Å². The van der Waals surface area contributed by atoms with Crippen LogP contribution in [0.3, 0.4) is 0 Å². The highest BCUT2D eigenvalue weighted by atomic mass is 31.1. The van der Waals surface area contributed by atoms with Gasteiger partial charge in [-0.3, -0.25) is 0 Å². The summed E-state index contributed by atoms with van der Waals surface area (Å²) in [4.78, 5) is 0. The second-order valence-corrected chi connectivity index (χ2v) is 13.7. The number of hydrogen-bond acceptors (Lipinski definition) is 3. The van der Waals surface area contributed by atoms with E-state index in [9.17, 15) is 5.11 Å². The van der Waals surface area contributed by atoms with Crippen LogP contribution in [0.5, 0.6) is 0 Å². The molecule has 1 fully saturated rings. The Morgan fingerprint density at radius 2 is 0.833 bits per heavy atom. The minimum Gasteiger partial charge on any atom is -0.391 e. The van der Waals surface area contributed by atoms with Gasteiger partial charge >= 0.3 is 0 Å². The van der Waals surface area contributed by atoms with Gasteiger partial charge in [-0.25, -0.2) is 0 Å². The van der Waals surface area contributed by atoms with E-state index in [2.05, 4.69) is 121 Å². The molecule has 0 aromatic heterocycles. The minimum absolute atomic E-state index is 0.119. The Morgan fingerprint density at radius 1 is 0.556 bits per heavy atom. The molecule has 1 aliphatic heterocycles. The lowest BCUT2D eigenvalue weighted by Gasteiger charge is -2.27. The second kappa shape index (κ2) is 11.8. The van der Waals surface area contributed by atoms with Crippen molar-refractivity contribution in [3.8, 4) is 0 Å². The number of aliphatic hydroxyl groups excluding tert-OH is 1. The molecule has 0 radical (unpaired) electrons. The Morgan fingerprint density at radius 3 is 1.08 bits per heavy atom. The predicted octanol–water partition coefficient (Wildman–Crippen LogP) is 4.74. The van der Waals surface area contributed by atoms with Crippen molar-refractivity contribution >= 4 is 37.1 Å². The van der Waals surface area contributed by atoms with Gasteiger partial charge in [0.25, 0.3) is 0 Å². The third-order valence-electron chi connectivity index (χ3n) is 6.50. The number of ether oxygens (including phenoxy) is 2. The van der Waals surface area contributed by atoms with Crippen LogP contribution in [0.1, 0.15) is 6.92 Å². The predicted molar refractivity (Wildman–Crippen MR) is 153 cm³/mol. The van der Waals surface area contributed by atoms with Crippen molar-refractivity contribution in [3.63, 3.8) is 0 Å². The Hall–Kier alpha value is -2.38. The van der Waals surface area contributed by atoms with Gasteiger partial charge in [0.2, 0.25) is 0 Å². The Bertz CT molecular complexity index is 1030. The van der Waals surface area contributed by atoms with Crippen molar-refractivity contribution in [2.24, 2.45) is 0 Å². The van der Waals surface area contributed by atoms with Crippen LogP contribution in [-0.2, 0) is 9.47 Å². The van der Waals surface area contributed by atoms with Crippen LogP contribution in [0, 0.1) is 0 Å². The summed E-state index contributed by atoms with van der Waals surface area (Å²) in [6.45, 7) is 1.70. The van der Waals surface area contributed by atoms with Gasteiger partial charge in [0.15, 0.2) is 5.79 Å². The molecule has 3 nitrogen and oxygen atoms in total. The van der Waals surface area contributed by atoms with Crippen molar-refractivity contribution in [1.29, 1.82) is 0 Å². The molecule has 0 amide bonds. The Labute approximate surface area is 216 Å². The average Bonchev–Trinajstić information content (AvgIpc) is 3.27. The first-order valence-corrected chi connectivity index (χ1v) is 15.4. The van der Waals surface area contributed by atoms with Crippen LogP contribution < -0.4 is 21.2 Å². The summed E-state index contributed by atoms with van der Waals surface area (Å²) in [5, 5.41) is 15.5. The summed E-state index contributed by atoms with van der Waals surface area (Å²) >= 11 is 0. The molecule has 184 valence electrons. The maximum atomic E-state index is 10.2. The van der Waals surface area contributed by atoms with Crippen LogP contribution in [-0.4, -0.2) is 42.0 Å². The van der Waals surface area contributed by atoms with Gasteiger partial charge in [-0.1, -0.05) is 121 Å². The largest absolute Gasteiger partial charge is 0.391 e. The lowest BCUT2D eigenvalue weighted by molar-refractivity contribution is -0.182. The smallest absolute Gasteiger partial charge is 0.189 e. The number of hydrogen-bond donors (Lipinski definition) is 1. The van der Waals surface area contributed by atoms with Crippen LogP contribution >= 0.6 is 15.8 Å². The van der Waals surface area contributed by atoms with Gasteiger partial charge in [-0.2, -0.15) is 0 Å². The lowest BCUT2D eigenvalue weighted by atomic mass is 10.3. The van der Waals surface area contributed by atoms with Crippen molar-refractivity contribution in [3.05, 3.63) is 121 Å². The van der Waals surface area contributed by atoms with E-state index in [1.54, 1.807) is 0 Å². The van der Waals surface area contributed by atoms with E-state index in [4.69, 9.17) is 9.47 Å². The molecule has 5 rings (SSSR count). The molecule has 0 saturated carbocycles. The Balaban J connectivity index is 1.47. The highest BCUT2D eigenvalue weighted by molar-refractivity contribution is 7.73. The third kappa shape index (κ3) is 5.94. The first kappa shape index (κ1) is 25.3. The third-order valence-corrected chi connectivity index (χ3v) is 11.6. The molecule has 1 aliphatic rings. The topological polar surface area (TPSA) is 38.7 Å². The van der Waals surface area contributed by atoms with E-state index in [0.717, 1.165) is 12.3 Å². The molecule has 36 heavy (non-hydrogen) atoms. The summed E-state index contributed by atoms with van der Waals surface area (Å²) in [5.41, 5.74) is 0. The SMILES string of the molecule is CC1(CO)O[C@@H](CP(c2ccccc2)c2ccccc2)[C@H](CP(c2ccccc2)c2ccccc2)O1. The normalized spacial score (nSPS) is 19.1. The fourth-order valence-electron chi connectivity index (χ4n) is 4.72. The molecule has 0 aliphatic carbocycles. The van der Waals surface area contributed by atoms with Gasteiger partial charge in [-0.05, 0) is 44.0 Å². The number of rotatable bonds is 9. The lowest BCUT2D eigenvalue weighted by Crippen LogP contribution is -2.33. The summed E-state index contributed by atoms with van der Waals surface area (Å²) in [6, 6.07) is 42.9. The molecule has 1 saturated heterocycles. The first-order valence-electron chi connectivity index (χ1n) is 12.4. The molecule has 1 heterocycles. The summed E-state index contributed by atoms with van der Waals surface area (Å²) < 4.78 is 13.0. The number of aliphatic hydroxyl groups is 1. The molecular formula is C31H32O3P2. The van der Waals surface area contributed by atoms with Crippen molar-refractivity contribution < 1.29 is 14.6 Å². The zero-order valence-electron chi connectivity index (χ0n) is 20.5. The summed E-state index contributed by atoms with van der Waals surface area (Å²) in [7, 11) is -1.30. The van der Waals surface area contributed by atoms with E-state index >= 15 is 0 Å². The van der Waals surface area contributed by atoms with E-state index in [0.29, 0.717) is 0 Å². The maximum absolute atomic E-state index is 10.2. The van der Waals surface area contributed by atoms with Crippen LogP contribution in [0.15, 0.2) is 121 Å². The quantitative estimate of drug-likeness (QED) is 0.328. The van der Waals surface area contributed by atoms with Crippen LogP contribution in [0.4, 0.5) is 0 Å². The van der Waals surface area contributed by atoms with E-state index in [1.807, 2.05) is 6.92 Å². The first-order chi connectivity index (χ1) is 17.6. The molecular weight excluding hydrogens is 482 g/mol. The molecule has 0 bridgehead atoms. The molecule has 0 unspecified atom stereocenters. The van der Waals surface area contributed by atoms with Crippen LogP contribution in [0.2, 0.25) is 0 Å². The summed E-state index contributed by atoms with van der Waals surface area (Å²) in [6.07, 6.45) is 1.45. The van der Waals surface area contributed by atoms with Crippen LogP contribution in [0.25, 0.3) is 0 Å². The van der Waals surface area contributed by atoms with Crippen molar-refractivity contribution in [1.82, 2.24) is 0 Å². The second-order valence-electron chi connectivity index (χ2n) is 9.17. The fraction of sp³-hybridized carbons (Fsp3) is 0.226. The van der Waals surface area contributed by atoms with Crippen molar-refractivity contribution in [2.75, 3.05) is 18.9 Å². The minimum atomic E-state index is -0.988. The highest BCUT2D eigenvalue weighted by Crippen LogP contribution is 2.44. The maximum Gasteiger partial charge on any atom is 0.189 e. The van der Waals surface area contributed by atoms with Gasteiger partial charge in [0, 0.05) is 12.3 Å². The zero-order chi connectivity index (χ0) is 24.8. The molecule has 4 aromatic rings. The molecule has 1 N–H and O–H groups in total. The molecule has 4 aromatic carbocycles. The van der Waals surface area contributed by atoms with E-state index in [-0.39, 0.29) is 18.8 Å². The molecule has 2 atom stereocenters. The average molecular weight is 515 g/mol. The Kier molecular flexibility index (Phi) is 8.27. The molecule has 0 spiro atoms. The van der Waals surface area contributed by atoms with Gasteiger partial charge in [0.05, 0.1) is 18.8 Å². The van der Waals surface area contributed by atoms with E-state index < -0.39 is 21.6 Å². The number of benzene rings is 4. The molecule has 5 heteroatoms.